The molecule has 0 bridgehead atoms. The first-order valence-electron chi connectivity index (χ1n) is 10.9. The van der Waals surface area contributed by atoms with Crippen molar-refractivity contribution in [1.82, 2.24) is 0 Å². The number of amides is 1. The highest BCUT2D eigenvalue weighted by Crippen LogP contribution is 2.30. The number of carbonyl (C=O) groups is 1. The predicted molar refractivity (Wildman–Crippen MR) is 143 cm³/mol. The summed E-state index contributed by atoms with van der Waals surface area (Å²) >= 11 is 12.2. The standard InChI is InChI=1S/C27H22Cl2N2O4S/c28-21-15-22(29)17-24(16-21)31(36(33,34)26-9-5-2-6-10-26)18-27(32)30-23-11-13-25(14-12-23)35-19-20-7-3-1-4-8-20/h1-17H,18-19H2,(H,30,32). The minimum atomic E-state index is -4.08. The van der Waals surface area contributed by atoms with Crippen LogP contribution in [0.2, 0.25) is 10.0 Å². The average Bonchev–Trinajstić information content (AvgIpc) is 2.87. The Morgan fingerprint density at radius 1 is 0.806 bits per heavy atom. The lowest BCUT2D eigenvalue weighted by Crippen LogP contribution is -2.38. The fourth-order valence-corrected chi connectivity index (χ4v) is 5.36. The van der Waals surface area contributed by atoms with Crippen LogP contribution in [0.25, 0.3) is 0 Å². The molecule has 0 atom stereocenters. The van der Waals surface area contributed by atoms with Crippen LogP contribution in [0.5, 0.6) is 5.75 Å². The maximum absolute atomic E-state index is 13.4. The molecule has 0 aliphatic carbocycles. The summed E-state index contributed by atoms with van der Waals surface area (Å²) in [5.41, 5.74) is 1.71. The molecule has 4 aromatic rings. The molecule has 0 spiro atoms. The summed E-state index contributed by atoms with van der Waals surface area (Å²) in [7, 11) is -4.08. The van der Waals surface area contributed by atoms with Crippen molar-refractivity contribution in [1.29, 1.82) is 0 Å². The molecule has 0 saturated carbocycles. The van der Waals surface area contributed by atoms with Gasteiger partial charge in [-0.05, 0) is 60.2 Å². The second-order valence-corrected chi connectivity index (χ2v) is 10.5. The molecule has 1 amide bonds. The van der Waals surface area contributed by atoms with Gasteiger partial charge in [-0.1, -0.05) is 71.7 Å². The first-order chi connectivity index (χ1) is 17.3. The molecular formula is C27H22Cl2N2O4S. The van der Waals surface area contributed by atoms with Crippen LogP contribution in [0.15, 0.2) is 108 Å². The molecule has 0 aliphatic rings. The zero-order valence-electron chi connectivity index (χ0n) is 19.0. The zero-order valence-corrected chi connectivity index (χ0v) is 21.3. The van der Waals surface area contributed by atoms with Crippen molar-refractivity contribution in [2.75, 3.05) is 16.2 Å². The molecule has 4 rings (SSSR count). The van der Waals surface area contributed by atoms with Crippen molar-refractivity contribution in [3.8, 4) is 5.75 Å². The first kappa shape index (κ1) is 25.6. The number of sulfonamides is 1. The van der Waals surface area contributed by atoms with Crippen molar-refractivity contribution >= 4 is 50.5 Å². The van der Waals surface area contributed by atoms with Gasteiger partial charge in [0.25, 0.3) is 10.0 Å². The Balaban J connectivity index is 1.50. The molecule has 6 nitrogen and oxygen atoms in total. The lowest BCUT2D eigenvalue weighted by atomic mass is 10.2. The van der Waals surface area contributed by atoms with Gasteiger partial charge in [-0.15, -0.1) is 0 Å². The van der Waals surface area contributed by atoms with Gasteiger partial charge in [-0.25, -0.2) is 8.42 Å². The van der Waals surface area contributed by atoms with Crippen molar-refractivity contribution in [3.63, 3.8) is 0 Å². The topological polar surface area (TPSA) is 75.7 Å². The van der Waals surface area contributed by atoms with E-state index < -0.39 is 22.5 Å². The van der Waals surface area contributed by atoms with Gasteiger partial charge < -0.3 is 10.1 Å². The van der Waals surface area contributed by atoms with Crippen LogP contribution >= 0.6 is 23.2 Å². The Hall–Kier alpha value is -3.52. The number of hydrogen-bond acceptors (Lipinski definition) is 4. The minimum Gasteiger partial charge on any atom is -0.489 e. The Labute approximate surface area is 220 Å². The monoisotopic (exact) mass is 540 g/mol. The third-order valence-electron chi connectivity index (χ3n) is 5.14. The molecule has 0 radical (unpaired) electrons. The fourth-order valence-electron chi connectivity index (χ4n) is 3.42. The molecule has 0 aliphatic heterocycles. The predicted octanol–water partition coefficient (Wildman–Crippen LogP) is 6.41. The van der Waals surface area contributed by atoms with E-state index in [1.807, 2.05) is 30.3 Å². The number of carbonyl (C=O) groups excluding carboxylic acids is 1. The Kier molecular flexibility index (Phi) is 8.15. The van der Waals surface area contributed by atoms with Crippen LogP contribution in [-0.2, 0) is 21.4 Å². The summed E-state index contributed by atoms with van der Waals surface area (Å²) in [4.78, 5) is 13.0. The Morgan fingerprint density at radius 2 is 1.39 bits per heavy atom. The molecule has 4 aromatic carbocycles. The van der Waals surface area contributed by atoms with Gasteiger partial charge in [0.05, 0.1) is 10.6 Å². The van der Waals surface area contributed by atoms with Crippen molar-refractivity contribution < 1.29 is 17.9 Å². The van der Waals surface area contributed by atoms with Gasteiger partial charge in [0, 0.05) is 15.7 Å². The number of hydrogen-bond donors (Lipinski definition) is 1. The van der Waals surface area contributed by atoms with E-state index in [1.165, 1.54) is 30.3 Å². The first-order valence-corrected chi connectivity index (χ1v) is 13.1. The molecule has 1 N–H and O–H groups in total. The second-order valence-electron chi connectivity index (χ2n) is 7.80. The Morgan fingerprint density at radius 3 is 2.00 bits per heavy atom. The van der Waals surface area contributed by atoms with Crippen LogP contribution in [0, 0.1) is 0 Å². The van der Waals surface area contributed by atoms with E-state index in [-0.39, 0.29) is 20.6 Å². The number of halogens is 2. The highest BCUT2D eigenvalue weighted by molar-refractivity contribution is 7.92. The van der Waals surface area contributed by atoms with Gasteiger partial charge >= 0.3 is 0 Å². The van der Waals surface area contributed by atoms with Crippen LogP contribution in [-0.4, -0.2) is 20.9 Å². The smallest absolute Gasteiger partial charge is 0.264 e. The van der Waals surface area contributed by atoms with Crippen molar-refractivity contribution in [3.05, 3.63) is 119 Å². The molecule has 0 aromatic heterocycles. The summed E-state index contributed by atoms with van der Waals surface area (Å²) in [5.74, 6) is 0.0993. The quantitative estimate of drug-likeness (QED) is 0.266. The van der Waals surface area contributed by atoms with Gasteiger partial charge in [-0.3, -0.25) is 9.10 Å². The second kappa shape index (κ2) is 11.5. The van der Waals surface area contributed by atoms with Gasteiger partial charge in [-0.2, -0.15) is 0 Å². The third-order valence-corrected chi connectivity index (χ3v) is 7.36. The summed E-state index contributed by atoms with van der Waals surface area (Å²) in [6.07, 6.45) is 0. The normalized spacial score (nSPS) is 11.1. The maximum atomic E-state index is 13.4. The van der Waals surface area contributed by atoms with Gasteiger partial charge in [0.2, 0.25) is 5.91 Å². The summed E-state index contributed by atoms with van der Waals surface area (Å²) in [6, 6.07) is 28.8. The molecule has 36 heavy (non-hydrogen) atoms. The highest BCUT2D eigenvalue weighted by Gasteiger charge is 2.27. The molecule has 0 saturated heterocycles. The largest absolute Gasteiger partial charge is 0.489 e. The van der Waals surface area contributed by atoms with E-state index in [4.69, 9.17) is 27.9 Å². The van der Waals surface area contributed by atoms with E-state index in [2.05, 4.69) is 5.32 Å². The van der Waals surface area contributed by atoms with Crippen LogP contribution < -0.4 is 14.4 Å². The number of anilines is 2. The summed E-state index contributed by atoms with van der Waals surface area (Å²) < 4.78 is 33.6. The van der Waals surface area contributed by atoms with Crippen molar-refractivity contribution in [2.24, 2.45) is 0 Å². The SMILES string of the molecule is O=C(CN(c1cc(Cl)cc(Cl)c1)S(=O)(=O)c1ccccc1)Nc1ccc(OCc2ccccc2)cc1. The number of ether oxygens (including phenoxy) is 1. The van der Waals surface area contributed by atoms with Crippen LogP contribution in [0.1, 0.15) is 5.56 Å². The molecule has 184 valence electrons. The van der Waals surface area contributed by atoms with E-state index in [9.17, 15) is 13.2 Å². The summed E-state index contributed by atoms with van der Waals surface area (Å²) in [5, 5.41) is 3.22. The van der Waals surface area contributed by atoms with Crippen LogP contribution in [0.4, 0.5) is 11.4 Å². The highest BCUT2D eigenvalue weighted by atomic mass is 35.5. The van der Waals surface area contributed by atoms with E-state index in [1.54, 1.807) is 42.5 Å². The fraction of sp³-hybridized carbons (Fsp3) is 0.0741. The van der Waals surface area contributed by atoms with E-state index in [0.717, 1.165) is 9.87 Å². The number of nitrogens with zero attached hydrogens (tertiary/aromatic N) is 1. The molecule has 0 fully saturated rings. The lowest BCUT2D eigenvalue weighted by Gasteiger charge is -2.24. The molecule has 0 unspecified atom stereocenters. The molecule has 9 heteroatoms. The van der Waals surface area contributed by atoms with Gasteiger partial charge in [0.1, 0.15) is 18.9 Å². The average molecular weight is 541 g/mol. The van der Waals surface area contributed by atoms with E-state index in [0.29, 0.717) is 18.0 Å². The maximum Gasteiger partial charge on any atom is 0.264 e. The van der Waals surface area contributed by atoms with E-state index >= 15 is 0 Å². The minimum absolute atomic E-state index is 0.0359. The third kappa shape index (κ3) is 6.57. The van der Waals surface area contributed by atoms with Gasteiger partial charge in [0.15, 0.2) is 0 Å². The number of benzene rings is 4. The molecule has 0 heterocycles. The lowest BCUT2D eigenvalue weighted by molar-refractivity contribution is -0.114. The number of rotatable bonds is 9. The molecular weight excluding hydrogens is 519 g/mol. The van der Waals surface area contributed by atoms with Crippen molar-refractivity contribution in [2.45, 2.75) is 11.5 Å². The zero-order chi connectivity index (χ0) is 25.5. The van der Waals surface area contributed by atoms with Crippen LogP contribution in [0.3, 0.4) is 0 Å². The Bertz CT molecular complexity index is 1410. The summed E-state index contributed by atoms with van der Waals surface area (Å²) in [6.45, 7) is -0.0683. The number of nitrogens with one attached hydrogen (secondary N) is 1.